The molecular weight excluding hydrogens is 192 g/mol. The van der Waals surface area contributed by atoms with Gasteiger partial charge in [-0.25, -0.2) is 0 Å². The third-order valence-electron chi connectivity index (χ3n) is 2.94. The number of hydrogen-bond donors (Lipinski definition) is 0. The Kier molecular flexibility index (Phi) is 1.56. The summed E-state index contributed by atoms with van der Waals surface area (Å²) in [5.74, 6) is 0.606. The Morgan fingerprint density at radius 2 is 2.13 bits per heavy atom. The Balaban J connectivity index is 2.23. The summed E-state index contributed by atoms with van der Waals surface area (Å²) in [6.45, 7) is 0.594. The minimum atomic E-state index is -0.473. The molecule has 0 N–H and O–H groups in total. The molecule has 2 aliphatic rings. The van der Waals surface area contributed by atoms with Crippen LogP contribution < -0.4 is 0 Å². The van der Waals surface area contributed by atoms with Gasteiger partial charge in [0.1, 0.15) is 5.76 Å². The topological polar surface area (TPSA) is 38.8 Å². The SMILES string of the molecule is COC1=CC(=O)c2ccccc2C12CO2. The number of methoxy groups -OCH3 is 1. The van der Waals surface area contributed by atoms with Gasteiger partial charge in [-0.1, -0.05) is 24.3 Å². The first-order valence-electron chi connectivity index (χ1n) is 4.82. The summed E-state index contributed by atoms with van der Waals surface area (Å²) < 4.78 is 10.7. The lowest BCUT2D eigenvalue weighted by atomic mass is 9.86. The minimum Gasteiger partial charge on any atom is -0.497 e. The first-order chi connectivity index (χ1) is 7.28. The van der Waals surface area contributed by atoms with Crippen LogP contribution in [0.2, 0.25) is 0 Å². The normalized spacial score (nSPS) is 27.3. The van der Waals surface area contributed by atoms with Crippen molar-refractivity contribution < 1.29 is 14.3 Å². The van der Waals surface area contributed by atoms with E-state index in [2.05, 4.69) is 0 Å². The van der Waals surface area contributed by atoms with Crippen molar-refractivity contribution in [1.82, 2.24) is 0 Å². The second-order valence-corrected chi connectivity index (χ2v) is 3.74. The van der Waals surface area contributed by atoms with E-state index in [-0.39, 0.29) is 5.78 Å². The molecule has 0 bridgehead atoms. The van der Waals surface area contributed by atoms with Crippen LogP contribution in [0.15, 0.2) is 36.1 Å². The molecule has 15 heavy (non-hydrogen) atoms. The molecular formula is C12H10O3. The Bertz CT molecular complexity index is 470. The van der Waals surface area contributed by atoms with Gasteiger partial charge in [0.25, 0.3) is 0 Å². The maximum Gasteiger partial charge on any atom is 0.189 e. The third-order valence-corrected chi connectivity index (χ3v) is 2.94. The molecule has 1 atom stereocenters. The molecule has 1 unspecified atom stereocenters. The molecule has 1 heterocycles. The highest BCUT2D eigenvalue weighted by atomic mass is 16.6. The van der Waals surface area contributed by atoms with Crippen molar-refractivity contribution in [2.24, 2.45) is 0 Å². The molecule has 1 fully saturated rings. The van der Waals surface area contributed by atoms with Crippen molar-refractivity contribution in [2.45, 2.75) is 5.60 Å². The summed E-state index contributed by atoms with van der Waals surface area (Å²) >= 11 is 0. The second kappa shape index (κ2) is 2.70. The summed E-state index contributed by atoms with van der Waals surface area (Å²) in [5.41, 5.74) is 1.17. The van der Waals surface area contributed by atoms with Gasteiger partial charge in [0.05, 0.1) is 13.7 Å². The van der Waals surface area contributed by atoms with Crippen LogP contribution in [-0.2, 0) is 15.1 Å². The van der Waals surface area contributed by atoms with Crippen molar-refractivity contribution >= 4 is 5.78 Å². The number of ketones is 1. The van der Waals surface area contributed by atoms with E-state index in [1.165, 1.54) is 6.08 Å². The van der Waals surface area contributed by atoms with E-state index >= 15 is 0 Å². The zero-order valence-electron chi connectivity index (χ0n) is 8.32. The average Bonchev–Trinajstić information content (AvgIpc) is 3.05. The van der Waals surface area contributed by atoms with E-state index < -0.39 is 5.60 Å². The summed E-state index contributed by atoms with van der Waals surface area (Å²) in [7, 11) is 1.57. The molecule has 0 radical (unpaired) electrons. The fourth-order valence-corrected chi connectivity index (χ4v) is 2.09. The van der Waals surface area contributed by atoms with Crippen LogP contribution in [0, 0.1) is 0 Å². The van der Waals surface area contributed by atoms with Gasteiger partial charge in [-0.15, -0.1) is 0 Å². The first kappa shape index (κ1) is 8.68. The molecule has 3 heteroatoms. The maximum atomic E-state index is 11.8. The molecule has 0 aromatic heterocycles. The van der Waals surface area contributed by atoms with Gasteiger partial charge in [-0.2, -0.15) is 0 Å². The number of benzene rings is 1. The predicted molar refractivity (Wildman–Crippen MR) is 53.5 cm³/mol. The van der Waals surface area contributed by atoms with Crippen molar-refractivity contribution in [3.63, 3.8) is 0 Å². The van der Waals surface area contributed by atoms with Gasteiger partial charge < -0.3 is 9.47 Å². The van der Waals surface area contributed by atoms with Crippen LogP contribution in [0.1, 0.15) is 15.9 Å². The standard InChI is InChI=1S/C12H10O3/c1-14-11-6-10(13)8-4-2-3-5-9(8)12(11)7-15-12/h2-6H,7H2,1H3. The molecule has 76 valence electrons. The zero-order valence-corrected chi connectivity index (χ0v) is 8.32. The average molecular weight is 202 g/mol. The van der Waals surface area contributed by atoms with Crippen molar-refractivity contribution in [3.05, 3.63) is 47.2 Å². The highest BCUT2D eigenvalue weighted by Crippen LogP contribution is 2.49. The molecule has 1 aromatic carbocycles. The van der Waals surface area contributed by atoms with Crippen molar-refractivity contribution in [2.75, 3.05) is 13.7 Å². The molecule has 1 aliphatic carbocycles. The van der Waals surface area contributed by atoms with Crippen molar-refractivity contribution in [3.8, 4) is 0 Å². The highest BCUT2D eigenvalue weighted by molar-refractivity contribution is 6.08. The number of carbonyl (C=O) groups excluding carboxylic acids is 1. The van der Waals surface area contributed by atoms with Crippen molar-refractivity contribution in [1.29, 1.82) is 0 Å². The molecule has 3 nitrogen and oxygen atoms in total. The van der Waals surface area contributed by atoms with Gasteiger partial charge in [0.15, 0.2) is 11.4 Å². The number of ether oxygens (including phenoxy) is 2. The van der Waals surface area contributed by atoms with Crippen LogP contribution in [0.3, 0.4) is 0 Å². The summed E-state index contributed by atoms with van der Waals surface area (Å²) in [4.78, 5) is 11.8. The lowest BCUT2D eigenvalue weighted by Gasteiger charge is -2.21. The highest BCUT2D eigenvalue weighted by Gasteiger charge is 2.55. The number of hydrogen-bond acceptors (Lipinski definition) is 3. The zero-order chi connectivity index (χ0) is 10.5. The Morgan fingerprint density at radius 1 is 1.40 bits per heavy atom. The Morgan fingerprint density at radius 3 is 2.80 bits per heavy atom. The van der Waals surface area contributed by atoms with E-state index in [4.69, 9.17) is 9.47 Å². The van der Waals surface area contributed by atoms with Crippen LogP contribution >= 0.6 is 0 Å². The first-order valence-corrected chi connectivity index (χ1v) is 4.82. The molecule has 1 aromatic rings. The van der Waals surface area contributed by atoms with Crippen LogP contribution in [0.25, 0.3) is 0 Å². The predicted octanol–water partition coefficient (Wildman–Crippen LogP) is 1.64. The molecule has 1 saturated heterocycles. The third kappa shape index (κ3) is 1.01. The monoisotopic (exact) mass is 202 g/mol. The molecule has 0 amide bonds. The fraction of sp³-hybridized carbons (Fsp3) is 0.250. The quantitative estimate of drug-likeness (QED) is 0.650. The van der Waals surface area contributed by atoms with E-state index in [9.17, 15) is 4.79 Å². The van der Waals surface area contributed by atoms with Gasteiger partial charge in [-0.3, -0.25) is 4.79 Å². The lowest BCUT2D eigenvalue weighted by molar-refractivity contribution is 0.101. The van der Waals surface area contributed by atoms with Gasteiger partial charge in [-0.05, 0) is 0 Å². The Labute approximate surface area is 87.3 Å². The van der Waals surface area contributed by atoms with Gasteiger partial charge in [0.2, 0.25) is 0 Å². The van der Waals surface area contributed by atoms with Gasteiger partial charge in [0, 0.05) is 17.2 Å². The second-order valence-electron chi connectivity index (χ2n) is 3.74. The lowest BCUT2D eigenvalue weighted by Crippen LogP contribution is -2.23. The van der Waals surface area contributed by atoms with E-state index in [1.807, 2.05) is 24.3 Å². The number of epoxide rings is 1. The summed E-state index contributed by atoms with van der Waals surface area (Å²) in [6, 6.07) is 7.52. The fourth-order valence-electron chi connectivity index (χ4n) is 2.09. The molecule has 3 rings (SSSR count). The summed E-state index contributed by atoms with van der Waals surface area (Å²) in [5, 5.41) is 0. The van der Waals surface area contributed by atoms with E-state index in [1.54, 1.807) is 7.11 Å². The molecule has 1 spiro atoms. The number of rotatable bonds is 1. The number of carbonyl (C=O) groups is 1. The largest absolute Gasteiger partial charge is 0.497 e. The maximum absolute atomic E-state index is 11.8. The Hall–Kier alpha value is -1.61. The number of allylic oxidation sites excluding steroid dienone is 1. The van der Waals surface area contributed by atoms with Crippen LogP contribution in [0.5, 0.6) is 0 Å². The van der Waals surface area contributed by atoms with Gasteiger partial charge >= 0.3 is 0 Å². The summed E-state index contributed by atoms with van der Waals surface area (Å²) in [6.07, 6.45) is 1.52. The number of fused-ring (bicyclic) bond motifs is 2. The molecule has 0 saturated carbocycles. The smallest absolute Gasteiger partial charge is 0.189 e. The van der Waals surface area contributed by atoms with Crippen LogP contribution in [0.4, 0.5) is 0 Å². The van der Waals surface area contributed by atoms with Crippen LogP contribution in [-0.4, -0.2) is 19.5 Å². The minimum absolute atomic E-state index is 0.0106. The van der Waals surface area contributed by atoms with E-state index in [0.29, 0.717) is 12.4 Å². The van der Waals surface area contributed by atoms with E-state index in [0.717, 1.165) is 11.1 Å². The molecule has 1 aliphatic heterocycles.